The molecule has 3 heterocycles. The summed E-state index contributed by atoms with van der Waals surface area (Å²) in [5, 5.41) is 8.33. The summed E-state index contributed by atoms with van der Waals surface area (Å²) >= 11 is 0. The van der Waals surface area contributed by atoms with Crippen molar-refractivity contribution in [1.29, 1.82) is 0 Å². The van der Waals surface area contributed by atoms with E-state index >= 15 is 0 Å². The number of fused-ring (bicyclic) bond motifs is 2. The van der Waals surface area contributed by atoms with Crippen LogP contribution >= 0.6 is 0 Å². The normalized spacial score (nSPS) is 17.7. The first-order valence-corrected chi connectivity index (χ1v) is 8.21. The summed E-state index contributed by atoms with van der Waals surface area (Å²) in [5.41, 5.74) is 2.36. The Morgan fingerprint density at radius 3 is 2.96 bits per heavy atom. The third kappa shape index (κ3) is 2.63. The van der Waals surface area contributed by atoms with Crippen molar-refractivity contribution in [3.05, 3.63) is 41.5 Å². The Labute approximate surface area is 135 Å². The van der Waals surface area contributed by atoms with E-state index in [0.29, 0.717) is 13.1 Å². The third-order valence-corrected chi connectivity index (χ3v) is 4.79. The average molecular weight is 311 g/mol. The smallest absolute Gasteiger partial charge is 0.241 e. The first-order valence-electron chi connectivity index (χ1n) is 8.21. The second kappa shape index (κ2) is 5.77. The molecule has 0 N–H and O–H groups in total. The van der Waals surface area contributed by atoms with Gasteiger partial charge in [-0.1, -0.05) is 18.2 Å². The standard InChI is InChI=1S/C17H21N5O/c1-13-18-19-16-11-20(9-10-21(13)16)12-17(23)22-8-4-6-14-5-2-3-7-15(14)22/h2-3,5,7H,4,6,8-12H2,1H3. The molecule has 0 saturated heterocycles. The molecule has 0 radical (unpaired) electrons. The average Bonchev–Trinajstić information content (AvgIpc) is 2.95. The summed E-state index contributed by atoms with van der Waals surface area (Å²) in [6.07, 6.45) is 2.10. The number of aromatic nitrogens is 3. The van der Waals surface area contributed by atoms with E-state index in [9.17, 15) is 4.79 Å². The van der Waals surface area contributed by atoms with Gasteiger partial charge in [-0.15, -0.1) is 10.2 Å². The van der Waals surface area contributed by atoms with Gasteiger partial charge < -0.3 is 9.47 Å². The van der Waals surface area contributed by atoms with Crippen molar-refractivity contribution < 1.29 is 4.79 Å². The number of rotatable bonds is 2. The fourth-order valence-electron chi connectivity index (χ4n) is 3.56. The van der Waals surface area contributed by atoms with Crippen LogP contribution in [0.4, 0.5) is 5.69 Å². The van der Waals surface area contributed by atoms with Gasteiger partial charge in [0.25, 0.3) is 0 Å². The maximum absolute atomic E-state index is 12.8. The summed E-state index contributed by atoms with van der Waals surface area (Å²) in [6.45, 7) is 5.66. The van der Waals surface area contributed by atoms with E-state index in [2.05, 4.69) is 31.8 Å². The van der Waals surface area contributed by atoms with E-state index in [1.807, 2.05) is 24.0 Å². The number of anilines is 1. The lowest BCUT2D eigenvalue weighted by molar-refractivity contribution is -0.120. The molecule has 6 nitrogen and oxygen atoms in total. The number of carbonyl (C=O) groups is 1. The Bertz CT molecular complexity index is 738. The monoisotopic (exact) mass is 311 g/mol. The summed E-state index contributed by atoms with van der Waals surface area (Å²) in [5.74, 6) is 2.10. The number of hydrogen-bond acceptors (Lipinski definition) is 4. The largest absolute Gasteiger partial charge is 0.313 e. The molecule has 0 bridgehead atoms. The lowest BCUT2D eigenvalue weighted by Crippen LogP contribution is -2.45. The molecule has 0 fully saturated rings. The number of benzene rings is 1. The zero-order valence-corrected chi connectivity index (χ0v) is 13.4. The lowest BCUT2D eigenvalue weighted by Gasteiger charge is -2.33. The molecule has 0 saturated carbocycles. The highest BCUT2D eigenvalue weighted by Gasteiger charge is 2.26. The third-order valence-electron chi connectivity index (χ3n) is 4.79. The predicted octanol–water partition coefficient (Wildman–Crippen LogP) is 1.38. The van der Waals surface area contributed by atoms with Gasteiger partial charge in [-0.3, -0.25) is 9.69 Å². The van der Waals surface area contributed by atoms with Crippen LogP contribution in [-0.2, 0) is 24.3 Å². The van der Waals surface area contributed by atoms with Gasteiger partial charge >= 0.3 is 0 Å². The maximum atomic E-state index is 12.8. The van der Waals surface area contributed by atoms with Gasteiger partial charge in [-0.25, -0.2) is 0 Å². The molecule has 23 heavy (non-hydrogen) atoms. The molecule has 4 rings (SSSR count). The molecule has 2 aromatic rings. The van der Waals surface area contributed by atoms with Crippen molar-refractivity contribution in [2.45, 2.75) is 32.9 Å². The van der Waals surface area contributed by atoms with Crippen molar-refractivity contribution in [2.75, 3.05) is 24.5 Å². The number of nitrogens with zero attached hydrogens (tertiary/aromatic N) is 5. The summed E-state index contributed by atoms with van der Waals surface area (Å²) in [4.78, 5) is 16.9. The van der Waals surface area contributed by atoms with Crippen molar-refractivity contribution in [3.8, 4) is 0 Å². The Kier molecular flexibility index (Phi) is 3.61. The number of para-hydroxylation sites is 1. The molecule has 6 heteroatoms. The second-order valence-corrected chi connectivity index (χ2v) is 6.30. The lowest BCUT2D eigenvalue weighted by atomic mass is 10.0. The van der Waals surface area contributed by atoms with Gasteiger partial charge in [0.15, 0.2) is 0 Å². The highest BCUT2D eigenvalue weighted by atomic mass is 16.2. The Morgan fingerprint density at radius 1 is 1.17 bits per heavy atom. The zero-order valence-electron chi connectivity index (χ0n) is 13.4. The van der Waals surface area contributed by atoms with Crippen molar-refractivity contribution >= 4 is 11.6 Å². The van der Waals surface area contributed by atoms with E-state index in [-0.39, 0.29) is 5.91 Å². The molecule has 120 valence electrons. The Morgan fingerprint density at radius 2 is 2.04 bits per heavy atom. The number of hydrogen-bond donors (Lipinski definition) is 0. The minimum atomic E-state index is 0.182. The minimum absolute atomic E-state index is 0.182. The maximum Gasteiger partial charge on any atom is 0.241 e. The highest BCUT2D eigenvalue weighted by molar-refractivity contribution is 5.95. The number of carbonyl (C=O) groups excluding carboxylic acids is 1. The van der Waals surface area contributed by atoms with Gasteiger partial charge in [-0.05, 0) is 31.4 Å². The molecular formula is C17H21N5O. The van der Waals surface area contributed by atoms with Crippen LogP contribution in [0, 0.1) is 6.92 Å². The van der Waals surface area contributed by atoms with Crippen LogP contribution in [0.1, 0.15) is 23.6 Å². The molecule has 2 aliphatic rings. The van der Waals surface area contributed by atoms with Crippen LogP contribution in [0.15, 0.2) is 24.3 Å². The SMILES string of the molecule is Cc1nnc2n1CCN(CC(=O)N1CCCc3ccccc31)C2. The first kappa shape index (κ1) is 14.4. The highest BCUT2D eigenvalue weighted by Crippen LogP contribution is 2.27. The predicted molar refractivity (Wildman–Crippen MR) is 87.2 cm³/mol. The van der Waals surface area contributed by atoms with Crippen LogP contribution in [0.5, 0.6) is 0 Å². The van der Waals surface area contributed by atoms with Crippen LogP contribution in [0.3, 0.4) is 0 Å². The molecule has 0 atom stereocenters. The molecule has 2 aliphatic heterocycles. The first-order chi connectivity index (χ1) is 11.2. The van der Waals surface area contributed by atoms with E-state index in [0.717, 1.165) is 49.8 Å². The van der Waals surface area contributed by atoms with Gasteiger partial charge in [0, 0.05) is 25.3 Å². The van der Waals surface area contributed by atoms with Gasteiger partial charge in [0.05, 0.1) is 13.1 Å². The number of aryl methyl sites for hydroxylation is 2. The Hall–Kier alpha value is -2.21. The summed E-state index contributed by atoms with van der Waals surface area (Å²) < 4.78 is 2.14. The van der Waals surface area contributed by atoms with E-state index in [1.165, 1.54) is 5.56 Å². The van der Waals surface area contributed by atoms with E-state index in [4.69, 9.17) is 0 Å². The summed E-state index contributed by atoms with van der Waals surface area (Å²) in [7, 11) is 0. The summed E-state index contributed by atoms with van der Waals surface area (Å²) in [6, 6.07) is 8.24. The van der Waals surface area contributed by atoms with Crippen molar-refractivity contribution in [3.63, 3.8) is 0 Å². The van der Waals surface area contributed by atoms with Gasteiger partial charge in [0.1, 0.15) is 11.6 Å². The number of amides is 1. The molecule has 0 aliphatic carbocycles. The van der Waals surface area contributed by atoms with E-state index < -0.39 is 0 Å². The molecular weight excluding hydrogens is 290 g/mol. The zero-order chi connectivity index (χ0) is 15.8. The van der Waals surface area contributed by atoms with Crippen LogP contribution in [0.2, 0.25) is 0 Å². The van der Waals surface area contributed by atoms with Crippen molar-refractivity contribution in [1.82, 2.24) is 19.7 Å². The van der Waals surface area contributed by atoms with Gasteiger partial charge in [-0.2, -0.15) is 0 Å². The van der Waals surface area contributed by atoms with E-state index in [1.54, 1.807) is 0 Å². The van der Waals surface area contributed by atoms with Crippen LogP contribution in [-0.4, -0.2) is 45.2 Å². The second-order valence-electron chi connectivity index (χ2n) is 6.30. The fourth-order valence-corrected chi connectivity index (χ4v) is 3.56. The van der Waals surface area contributed by atoms with Gasteiger partial charge in [0.2, 0.25) is 5.91 Å². The molecule has 0 spiro atoms. The minimum Gasteiger partial charge on any atom is -0.313 e. The molecule has 1 amide bonds. The molecule has 0 unspecified atom stereocenters. The van der Waals surface area contributed by atoms with Crippen LogP contribution in [0.25, 0.3) is 0 Å². The topological polar surface area (TPSA) is 54.3 Å². The van der Waals surface area contributed by atoms with Crippen LogP contribution < -0.4 is 4.90 Å². The fraction of sp³-hybridized carbons (Fsp3) is 0.471. The Balaban J connectivity index is 1.47. The molecule has 1 aromatic heterocycles. The van der Waals surface area contributed by atoms with Crippen molar-refractivity contribution in [2.24, 2.45) is 0 Å². The quantitative estimate of drug-likeness (QED) is 0.841. The molecule has 1 aromatic carbocycles.